The second kappa shape index (κ2) is 69.8. The van der Waals surface area contributed by atoms with Crippen LogP contribution in [0.5, 0.6) is 0 Å². The summed E-state index contributed by atoms with van der Waals surface area (Å²) in [4.78, 5) is 0. The van der Waals surface area contributed by atoms with Crippen molar-refractivity contribution < 1.29 is 73.8 Å². The molecule has 7 heavy (non-hydrogen) atoms. The summed E-state index contributed by atoms with van der Waals surface area (Å²) in [7, 11) is 0. The first kappa shape index (κ1) is 99.2. The molecule has 0 unspecified atom stereocenters. The van der Waals surface area contributed by atoms with Gasteiger partial charge in [-0.05, 0) is 0 Å². The monoisotopic (exact) mass is 310 g/mol. The second-order valence-corrected chi connectivity index (χ2v) is 0. The van der Waals surface area contributed by atoms with Crippen molar-refractivity contribution in [1.29, 1.82) is 0 Å². The van der Waals surface area contributed by atoms with Gasteiger partial charge in [-0.25, -0.2) is 0 Å². The number of hydrogen-bond donors (Lipinski definition) is 0. The third-order valence-corrected chi connectivity index (χ3v) is 0. The zero-order chi connectivity index (χ0) is 0. The molecule has 0 radical (unpaired) electrons. The van der Waals surface area contributed by atoms with Crippen molar-refractivity contribution in [3.8, 4) is 0 Å². The van der Waals surface area contributed by atoms with Crippen molar-refractivity contribution in [2.75, 3.05) is 0 Å². The molecular weight excluding hydrogens is 304 g/mol. The molecule has 0 aromatic heterocycles. The van der Waals surface area contributed by atoms with Crippen LogP contribution >= 0.6 is 0 Å². The van der Waals surface area contributed by atoms with E-state index in [0.29, 0.717) is 0 Å². The van der Waals surface area contributed by atoms with Crippen molar-refractivity contribution in [3.05, 3.63) is 0 Å². The average Bonchev–Trinajstić information content (AvgIpc) is 0. The Morgan fingerprint density at radius 1 is 0.571 bits per heavy atom. The molecule has 0 aromatic carbocycles. The van der Waals surface area contributed by atoms with E-state index in [9.17, 15) is 0 Å². The molecule has 0 saturated heterocycles. The largest absolute Gasteiger partial charge is 0.813 e. The van der Waals surface area contributed by atoms with Crippen LogP contribution in [0.2, 0.25) is 0 Å². The summed E-state index contributed by atoms with van der Waals surface area (Å²) in [5.74, 6) is 0. The first-order valence-electron chi connectivity index (χ1n) is 0. The van der Waals surface area contributed by atoms with Crippen molar-refractivity contribution >= 4 is 27.0 Å². The molecular formula is H6Fe4OS2. The van der Waals surface area contributed by atoms with Gasteiger partial charge >= 0.3 is 0 Å². The molecule has 0 saturated carbocycles. The van der Waals surface area contributed by atoms with Crippen molar-refractivity contribution in [3.63, 3.8) is 0 Å². The van der Waals surface area contributed by atoms with E-state index in [4.69, 9.17) is 0 Å². The molecule has 0 fully saturated rings. The van der Waals surface area contributed by atoms with Crippen LogP contribution in [-0.4, -0.2) is 5.48 Å². The van der Waals surface area contributed by atoms with Gasteiger partial charge in [0.1, 0.15) is 0 Å². The summed E-state index contributed by atoms with van der Waals surface area (Å²) in [6.07, 6.45) is 0. The second-order valence-electron chi connectivity index (χ2n) is 0. The van der Waals surface area contributed by atoms with E-state index in [0.717, 1.165) is 0 Å². The fraction of sp³-hybridized carbons (Fsp3) is 0. The number of thiol groups is 1. The predicted octanol–water partition coefficient (Wildman–Crippen LogP) is -1.91. The van der Waals surface area contributed by atoms with Gasteiger partial charge in [0.15, 0.2) is 0 Å². The van der Waals surface area contributed by atoms with Gasteiger partial charge in [-0.15, -0.1) is 0 Å². The first-order chi connectivity index (χ1) is 0. The summed E-state index contributed by atoms with van der Waals surface area (Å²) in [6.45, 7) is 0. The fourth-order valence-corrected chi connectivity index (χ4v) is 0. The van der Waals surface area contributed by atoms with Crippen LogP contribution in [0.25, 0.3) is 0 Å². The molecule has 0 spiro atoms. The number of hydrogen-bond acceptors (Lipinski definition) is 1. The Balaban J connectivity index is 0. The van der Waals surface area contributed by atoms with Gasteiger partial charge in [-0.1, -0.05) is 13.5 Å². The standard InChI is InChI=1S/4Fe.H2O.2H2S/h;;;;3*1H2. The maximum Gasteiger partial charge on any atom is 0 e. The Morgan fingerprint density at radius 3 is 0.571 bits per heavy atom. The minimum Gasteiger partial charge on any atom is -0.813 e. The minimum atomic E-state index is 0. The van der Waals surface area contributed by atoms with E-state index < -0.39 is 0 Å². The summed E-state index contributed by atoms with van der Waals surface area (Å²) in [6, 6.07) is 0. The molecule has 0 aliphatic heterocycles. The summed E-state index contributed by atoms with van der Waals surface area (Å²) in [5, 5.41) is 0. The fourth-order valence-electron chi connectivity index (χ4n) is 0. The van der Waals surface area contributed by atoms with Gasteiger partial charge in [0.25, 0.3) is 0 Å². The minimum absolute atomic E-state index is 0. The maximum absolute atomic E-state index is 0. The molecule has 56 valence electrons. The Bertz CT molecular complexity index is 9.65. The Morgan fingerprint density at radius 2 is 0.571 bits per heavy atom. The molecule has 2 N–H and O–H groups in total. The SMILES string of the molecule is O.[Fe].[Fe].[Fe].[Fe].[SH-].[SH3+]. The molecule has 0 aromatic rings. The molecule has 0 atom stereocenters. The van der Waals surface area contributed by atoms with E-state index in [1.54, 1.807) is 0 Å². The predicted molar refractivity (Wildman–Crippen MR) is 23.9 cm³/mol. The molecule has 0 aliphatic carbocycles. The van der Waals surface area contributed by atoms with E-state index in [2.05, 4.69) is 0 Å². The van der Waals surface area contributed by atoms with Crippen LogP contribution in [0.1, 0.15) is 0 Å². The maximum atomic E-state index is 0. The van der Waals surface area contributed by atoms with Gasteiger partial charge in [0, 0.05) is 68.3 Å². The van der Waals surface area contributed by atoms with Crippen LogP contribution in [0.3, 0.4) is 0 Å². The average molecular weight is 310 g/mol. The summed E-state index contributed by atoms with van der Waals surface area (Å²) >= 11 is 0. The quantitative estimate of drug-likeness (QED) is 0.222. The van der Waals surface area contributed by atoms with Crippen LogP contribution in [0.15, 0.2) is 0 Å². The van der Waals surface area contributed by atoms with Crippen molar-refractivity contribution in [2.45, 2.75) is 0 Å². The zero-order valence-corrected chi connectivity index (χ0v) is 9.40. The molecule has 0 bridgehead atoms. The van der Waals surface area contributed by atoms with Crippen molar-refractivity contribution in [2.24, 2.45) is 0 Å². The third-order valence-electron chi connectivity index (χ3n) is 0. The molecule has 7 heteroatoms. The van der Waals surface area contributed by atoms with Crippen molar-refractivity contribution in [1.82, 2.24) is 0 Å². The van der Waals surface area contributed by atoms with Crippen LogP contribution in [0.4, 0.5) is 0 Å². The Labute approximate surface area is 99.6 Å². The van der Waals surface area contributed by atoms with Gasteiger partial charge in [-0.3, -0.25) is 0 Å². The van der Waals surface area contributed by atoms with Gasteiger partial charge < -0.3 is 19.0 Å². The van der Waals surface area contributed by atoms with Gasteiger partial charge in [0.2, 0.25) is 0 Å². The van der Waals surface area contributed by atoms with Crippen LogP contribution in [-0.2, 0) is 95.3 Å². The first-order valence-corrected chi connectivity index (χ1v) is 0. The van der Waals surface area contributed by atoms with Crippen LogP contribution < -0.4 is 0 Å². The van der Waals surface area contributed by atoms with E-state index in [1.807, 2.05) is 0 Å². The van der Waals surface area contributed by atoms with E-state index in [1.165, 1.54) is 0 Å². The smallest absolute Gasteiger partial charge is 0 e. The molecule has 1 nitrogen and oxygen atoms in total. The molecule has 0 heterocycles. The molecule has 0 aliphatic rings. The summed E-state index contributed by atoms with van der Waals surface area (Å²) in [5.41, 5.74) is 0. The zero-order valence-electron chi connectivity index (χ0n) is 2.94. The number of rotatable bonds is 0. The van der Waals surface area contributed by atoms with E-state index in [-0.39, 0.29) is 101 Å². The summed E-state index contributed by atoms with van der Waals surface area (Å²) < 4.78 is 0. The van der Waals surface area contributed by atoms with Gasteiger partial charge in [-0.2, -0.15) is 0 Å². The third kappa shape index (κ3) is 52.9. The van der Waals surface area contributed by atoms with E-state index >= 15 is 0 Å². The Hall–Kier alpha value is 2.74. The molecule has 0 amide bonds. The topological polar surface area (TPSA) is 31.5 Å². The normalized spacial score (nSPS) is 0. The molecule has 0 rings (SSSR count). The van der Waals surface area contributed by atoms with Gasteiger partial charge in [0.05, 0.1) is 0 Å². The Kier molecular flexibility index (Phi) is 989. The van der Waals surface area contributed by atoms with Crippen LogP contribution in [0, 0.1) is 0 Å².